The number of aryl methyl sites for hydroxylation is 3. The summed E-state index contributed by atoms with van der Waals surface area (Å²) >= 11 is 6.43. The molecular formula is C21H21ClN4O2. The van der Waals surface area contributed by atoms with Gasteiger partial charge in [0.2, 0.25) is 0 Å². The quantitative estimate of drug-likeness (QED) is 0.506. The zero-order valence-electron chi connectivity index (χ0n) is 15.9. The van der Waals surface area contributed by atoms with Crippen molar-refractivity contribution in [3.05, 3.63) is 76.1 Å². The molecule has 0 spiro atoms. The Morgan fingerprint density at radius 2 is 1.82 bits per heavy atom. The molecule has 144 valence electrons. The zero-order chi connectivity index (χ0) is 20.1. The lowest BCUT2D eigenvalue weighted by Gasteiger charge is -2.10. The van der Waals surface area contributed by atoms with E-state index in [1.54, 1.807) is 4.68 Å². The maximum absolute atomic E-state index is 12.0. The topological polar surface area (TPSA) is 68.5 Å². The highest BCUT2D eigenvalue weighted by molar-refractivity contribution is 6.32. The van der Waals surface area contributed by atoms with Crippen molar-refractivity contribution in [3.63, 3.8) is 0 Å². The molecule has 0 aliphatic rings. The van der Waals surface area contributed by atoms with E-state index in [1.165, 1.54) is 6.21 Å². The van der Waals surface area contributed by atoms with E-state index in [0.29, 0.717) is 22.2 Å². The summed E-state index contributed by atoms with van der Waals surface area (Å²) in [5.41, 5.74) is 6.61. The van der Waals surface area contributed by atoms with E-state index in [-0.39, 0.29) is 12.5 Å². The Bertz CT molecular complexity index is 992. The van der Waals surface area contributed by atoms with Gasteiger partial charge in [0, 0.05) is 0 Å². The summed E-state index contributed by atoms with van der Waals surface area (Å²) in [4.78, 5) is 12.0. The van der Waals surface area contributed by atoms with Gasteiger partial charge in [-0.2, -0.15) is 10.2 Å². The van der Waals surface area contributed by atoms with Crippen LogP contribution in [0.5, 0.6) is 5.75 Å². The van der Waals surface area contributed by atoms with Gasteiger partial charge in [0.15, 0.2) is 6.61 Å². The van der Waals surface area contributed by atoms with Gasteiger partial charge in [-0.05, 0) is 44.0 Å². The van der Waals surface area contributed by atoms with Crippen LogP contribution < -0.4 is 10.2 Å². The number of nitrogens with zero attached hydrogens (tertiary/aromatic N) is 3. The van der Waals surface area contributed by atoms with E-state index in [0.717, 1.165) is 16.8 Å². The van der Waals surface area contributed by atoms with Crippen LogP contribution in [-0.4, -0.2) is 28.5 Å². The molecule has 1 aromatic heterocycles. The van der Waals surface area contributed by atoms with Crippen LogP contribution in [0.2, 0.25) is 5.15 Å². The van der Waals surface area contributed by atoms with Gasteiger partial charge in [-0.25, -0.2) is 10.1 Å². The molecule has 0 atom stereocenters. The number of carbonyl (C=O) groups is 1. The molecule has 7 heteroatoms. The molecule has 0 radical (unpaired) electrons. The second-order valence-electron chi connectivity index (χ2n) is 6.34. The second kappa shape index (κ2) is 8.71. The Balaban J connectivity index is 1.63. The molecule has 1 N–H and O–H groups in total. The standard InChI is InChI=1S/C21H21ClN4O2/c1-14-8-7-9-15(2)20(14)28-13-19(27)24-23-12-18-16(3)25-26(21(18)22)17-10-5-4-6-11-17/h4-12H,13H2,1-3H3,(H,24,27). The number of hydrazone groups is 1. The highest BCUT2D eigenvalue weighted by atomic mass is 35.5. The third-order valence-corrected chi connectivity index (χ3v) is 4.55. The molecule has 6 nitrogen and oxygen atoms in total. The van der Waals surface area contributed by atoms with Gasteiger partial charge in [0.1, 0.15) is 10.9 Å². The molecule has 0 unspecified atom stereocenters. The lowest BCUT2D eigenvalue weighted by molar-refractivity contribution is -0.123. The highest BCUT2D eigenvalue weighted by Crippen LogP contribution is 2.23. The molecule has 2 aromatic carbocycles. The normalized spacial score (nSPS) is 11.0. The van der Waals surface area contributed by atoms with Crippen molar-refractivity contribution in [2.75, 3.05) is 6.61 Å². The Labute approximate surface area is 168 Å². The average Bonchev–Trinajstić information content (AvgIpc) is 2.96. The largest absolute Gasteiger partial charge is 0.483 e. The van der Waals surface area contributed by atoms with Gasteiger partial charge in [-0.1, -0.05) is 48.0 Å². The van der Waals surface area contributed by atoms with E-state index in [9.17, 15) is 4.79 Å². The summed E-state index contributed by atoms with van der Waals surface area (Å²) in [5, 5.41) is 8.84. The van der Waals surface area contributed by atoms with Crippen molar-refractivity contribution < 1.29 is 9.53 Å². The fraction of sp³-hybridized carbons (Fsp3) is 0.190. The maximum Gasteiger partial charge on any atom is 0.277 e. The van der Waals surface area contributed by atoms with E-state index in [2.05, 4.69) is 15.6 Å². The summed E-state index contributed by atoms with van der Waals surface area (Å²) in [7, 11) is 0. The van der Waals surface area contributed by atoms with Crippen LogP contribution in [0.4, 0.5) is 0 Å². The monoisotopic (exact) mass is 396 g/mol. The average molecular weight is 397 g/mol. The molecule has 1 heterocycles. The predicted octanol–water partition coefficient (Wildman–Crippen LogP) is 3.98. The summed E-state index contributed by atoms with van der Waals surface area (Å²) in [6.07, 6.45) is 1.49. The first-order valence-corrected chi connectivity index (χ1v) is 9.16. The molecule has 0 fully saturated rings. The number of hydrogen-bond donors (Lipinski definition) is 1. The molecule has 0 aliphatic carbocycles. The minimum absolute atomic E-state index is 0.126. The molecular weight excluding hydrogens is 376 g/mol. The number of benzene rings is 2. The number of halogens is 1. The van der Waals surface area contributed by atoms with Crippen molar-refractivity contribution in [1.82, 2.24) is 15.2 Å². The van der Waals surface area contributed by atoms with Gasteiger partial charge in [0.25, 0.3) is 5.91 Å². The first-order chi connectivity index (χ1) is 13.5. The van der Waals surface area contributed by atoms with Gasteiger partial charge in [0.05, 0.1) is 23.2 Å². The number of nitrogens with one attached hydrogen (secondary N) is 1. The van der Waals surface area contributed by atoms with E-state index in [1.807, 2.05) is 69.3 Å². The first kappa shape index (κ1) is 19.6. The van der Waals surface area contributed by atoms with Crippen LogP contribution in [0.3, 0.4) is 0 Å². The van der Waals surface area contributed by atoms with Crippen LogP contribution >= 0.6 is 11.6 Å². The third kappa shape index (κ3) is 4.40. The van der Waals surface area contributed by atoms with E-state index < -0.39 is 0 Å². The molecule has 0 aliphatic heterocycles. The molecule has 1 amide bonds. The van der Waals surface area contributed by atoms with Crippen molar-refractivity contribution in [2.45, 2.75) is 20.8 Å². The molecule has 28 heavy (non-hydrogen) atoms. The van der Waals surface area contributed by atoms with Gasteiger partial charge in [-0.15, -0.1) is 0 Å². The van der Waals surface area contributed by atoms with Gasteiger partial charge < -0.3 is 4.74 Å². The first-order valence-electron chi connectivity index (χ1n) is 8.79. The third-order valence-electron chi connectivity index (χ3n) is 4.19. The SMILES string of the molecule is Cc1cccc(C)c1OCC(=O)NN=Cc1c(C)nn(-c2ccccc2)c1Cl. The summed E-state index contributed by atoms with van der Waals surface area (Å²) in [6, 6.07) is 15.4. The van der Waals surface area contributed by atoms with Crippen molar-refractivity contribution in [1.29, 1.82) is 0 Å². The van der Waals surface area contributed by atoms with E-state index in [4.69, 9.17) is 16.3 Å². The molecule has 0 saturated carbocycles. The summed E-state index contributed by atoms with van der Waals surface area (Å²) < 4.78 is 7.24. The van der Waals surface area contributed by atoms with Crippen LogP contribution in [-0.2, 0) is 4.79 Å². The lowest BCUT2D eigenvalue weighted by Crippen LogP contribution is -2.25. The van der Waals surface area contributed by atoms with Crippen LogP contribution in [0.25, 0.3) is 5.69 Å². The number of para-hydroxylation sites is 2. The van der Waals surface area contributed by atoms with Gasteiger partial charge in [-0.3, -0.25) is 4.79 Å². The number of rotatable bonds is 6. The molecule has 3 rings (SSSR count). The Morgan fingerprint density at radius 3 is 2.50 bits per heavy atom. The fourth-order valence-electron chi connectivity index (χ4n) is 2.76. The number of carbonyl (C=O) groups excluding carboxylic acids is 1. The van der Waals surface area contributed by atoms with Crippen LogP contribution in [0.15, 0.2) is 53.6 Å². The summed E-state index contributed by atoms with van der Waals surface area (Å²) in [5.74, 6) is 0.354. The lowest BCUT2D eigenvalue weighted by atomic mass is 10.1. The Morgan fingerprint density at radius 1 is 1.14 bits per heavy atom. The van der Waals surface area contributed by atoms with Crippen LogP contribution in [0.1, 0.15) is 22.4 Å². The zero-order valence-corrected chi connectivity index (χ0v) is 16.7. The minimum Gasteiger partial charge on any atom is -0.483 e. The minimum atomic E-state index is -0.358. The smallest absolute Gasteiger partial charge is 0.277 e. The van der Waals surface area contributed by atoms with Crippen molar-refractivity contribution in [2.24, 2.45) is 5.10 Å². The van der Waals surface area contributed by atoms with Gasteiger partial charge >= 0.3 is 0 Å². The summed E-state index contributed by atoms with van der Waals surface area (Å²) in [6.45, 7) is 5.58. The Hall–Kier alpha value is -3.12. The number of hydrogen-bond acceptors (Lipinski definition) is 4. The van der Waals surface area contributed by atoms with Crippen molar-refractivity contribution in [3.8, 4) is 11.4 Å². The molecule has 3 aromatic rings. The fourth-order valence-corrected chi connectivity index (χ4v) is 3.08. The Kier molecular flexibility index (Phi) is 6.11. The maximum atomic E-state index is 12.0. The highest BCUT2D eigenvalue weighted by Gasteiger charge is 2.13. The molecule has 0 saturated heterocycles. The number of aromatic nitrogens is 2. The second-order valence-corrected chi connectivity index (χ2v) is 6.70. The number of ether oxygens (including phenoxy) is 1. The predicted molar refractivity (Wildman–Crippen MR) is 110 cm³/mol. The number of amides is 1. The molecule has 0 bridgehead atoms. The van der Waals surface area contributed by atoms with Crippen LogP contribution in [0, 0.1) is 20.8 Å². The van der Waals surface area contributed by atoms with E-state index >= 15 is 0 Å². The van der Waals surface area contributed by atoms with Crippen molar-refractivity contribution >= 4 is 23.7 Å².